The first kappa shape index (κ1) is 11.6. The van der Waals surface area contributed by atoms with Gasteiger partial charge in [0.25, 0.3) is 0 Å². The molecule has 1 aromatic carbocycles. The molecule has 1 aromatic heterocycles. The number of aliphatic hydroxyl groups excluding tert-OH is 1. The van der Waals surface area contributed by atoms with Crippen LogP contribution in [0.3, 0.4) is 0 Å². The van der Waals surface area contributed by atoms with E-state index in [0.717, 1.165) is 16.0 Å². The molecule has 2 rings (SSSR count). The Kier molecular flexibility index (Phi) is 3.33. The standard InChI is InChI=1S/C13H13ClOS/c1-8-7-11(9(2)16-8)13(15)10-5-3-4-6-12(10)14/h3-7,13,15H,1-2H3. The van der Waals surface area contributed by atoms with Crippen LogP contribution in [-0.4, -0.2) is 5.11 Å². The molecular weight excluding hydrogens is 240 g/mol. The fraction of sp³-hybridized carbons (Fsp3) is 0.231. The normalized spacial score (nSPS) is 12.8. The minimum absolute atomic E-state index is 0.609. The molecular formula is C13H13ClOS. The summed E-state index contributed by atoms with van der Waals surface area (Å²) in [5.74, 6) is 0. The van der Waals surface area contributed by atoms with Crippen molar-refractivity contribution in [1.29, 1.82) is 0 Å². The van der Waals surface area contributed by atoms with Gasteiger partial charge in [0.1, 0.15) is 6.10 Å². The highest BCUT2D eigenvalue weighted by molar-refractivity contribution is 7.12. The van der Waals surface area contributed by atoms with Crippen molar-refractivity contribution in [3.05, 3.63) is 56.2 Å². The van der Waals surface area contributed by atoms with Crippen molar-refractivity contribution in [2.24, 2.45) is 0 Å². The summed E-state index contributed by atoms with van der Waals surface area (Å²) in [6.45, 7) is 4.06. The van der Waals surface area contributed by atoms with E-state index in [1.807, 2.05) is 38.1 Å². The van der Waals surface area contributed by atoms with Crippen molar-refractivity contribution in [1.82, 2.24) is 0 Å². The fourth-order valence-electron chi connectivity index (χ4n) is 1.79. The maximum atomic E-state index is 10.3. The molecule has 0 aliphatic heterocycles. The summed E-state index contributed by atoms with van der Waals surface area (Å²) in [5, 5.41) is 10.9. The Morgan fingerprint density at radius 1 is 1.19 bits per heavy atom. The lowest BCUT2D eigenvalue weighted by molar-refractivity contribution is 0.220. The molecule has 0 spiro atoms. The van der Waals surface area contributed by atoms with Crippen LogP contribution in [0.5, 0.6) is 0 Å². The van der Waals surface area contributed by atoms with Crippen molar-refractivity contribution >= 4 is 22.9 Å². The molecule has 0 aliphatic rings. The van der Waals surface area contributed by atoms with Crippen LogP contribution in [-0.2, 0) is 0 Å². The maximum Gasteiger partial charge on any atom is 0.107 e. The van der Waals surface area contributed by atoms with Gasteiger partial charge in [-0.1, -0.05) is 29.8 Å². The van der Waals surface area contributed by atoms with Crippen molar-refractivity contribution in [2.75, 3.05) is 0 Å². The summed E-state index contributed by atoms with van der Waals surface area (Å²) in [7, 11) is 0. The van der Waals surface area contributed by atoms with Gasteiger partial charge in [-0.3, -0.25) is 0 Å². The number of hydrogen-bond donors (Lipinski definition) is 1. The zero-order valence-electron chi connectivity index (χ0n) is 9.20. The first-order valence-electron chi connectivity index (χ1n) is 5.09. The van der Waals surface area contributed by atoms with Crippen LogP contribution in [0, 0.1) is 13.8 Å². The molecule has 0 bridgehead atoms. The van der Waals surface area contributed by atoms with E-state index in [1.165, 1.54) is 4.88 Å². The zero-order chi connectivity index (χ0) is 11.7. The molecule has 1 atom stereocenters. The molecule has 84 valence electrons. The van der Waals surface area contributed by atoms with Gasteiger partial charge in [0, 0.05) is 20.3 Å². The van der Waals surface area contributed by atoms with Crippen molar-refractivity contribution < 1.29 is 5.11 Å². The Hall–Kier alpha value is -0.830. The lowest BCUT2D eigenvalue weighted by Crippen LogP contribution is -2.00. The summed E-state index contributed by atoms with van der Waals surface area (Å²) in [6, 6.07) is 9.44. The van der Waals surface area contributed by atoms with Crippen LogP contribution < -0.4 is 0 Å². The van der Waals surface area contributed by atoms with Gasteiger partial charge in [-0.15, -0.1) is 11.3 Å². The van der Waals surface area contributed by atoms with E-state index in [9.17, 15) is 5.11 Å². The van der Waals surface area contributed by atoms with E-state index >= 15 is 0 Å². The molecule has 1 N–H and O–H groups in total. The second-order valence-electron chi connectivity index (χ2n) is 3.79. The summed E-state index contributed by atoms with van der Waals surface area (Å²) in [6.07, 6.45) is -0.626. The van der Waals surface area contributed by atoms with E-state index in [4.69, 9.17) is 11.6 Å². The second kappa shape index (κ2) is 4.58. The van der Waals surface area contributed by atoms with Gasteiger partial charge in [0.05, 0.1) is 0 Å². The predicted octanol–water partition coefficient (Wildman–Crippen LogP) is 4.10. The minimum atomic E-state index is -0.626. The quantitative estimate of drug-likeness (QED) is 0.853. The third-order valence-corrected chi connectivity index (χ3v) is 3.90. The lowest BCUT2D eigenvalue weighted by atomic mass is 10.0. The van der Waals surface area contributed by atoms with Gasteiger partial charge in [0.15, 0.2) is 0 Å². The van der Waals surface area contributed by atoms with Crippen LogP contribution in [0.25, 0.3) is 0 Å². The van der Waals surface area contributed by atoms with Gasteiger partial charge in [0.2, 0.25) is 0 Å². The number of halogens is 1. The molecule has 0 aliphatic carbocycles. The molecule has 1 unspecified atom stereocenters. The van der Waals surface area contributed by atoms with Gasteiger partial charge in [-0.2, -0.15) is 0 Å². The molecule has 0 saturated carbocycles. The molecule has 3 heteroatoms. The SMILES string of the molecule is Cc1cc(C(O)c2ccccc2Cl)c(C)s1. The Balaban J connectivity index is 2.43. The lowest BCUT2D eigenvalue weighted by Gasteiger charge is -2.12. The highest BCUT2D eigenvalue weighted by Crippen LogP contribution is 2.33. The second-order valence-corrected chi connectivity index (χ2v) is 5.66. The molecule has 16 heavy (non-hydrogen) atoms. The number of aryl methyl sites for hydroxylation is 2. The minimum Gasteiger partial charge on any atom is -0.384 e. The average molecular weight is 253 g/mol. The smallest absolute Gasteiger partial charge is 0.107 e. The van der Waals surface area contributed by atoms with E-state index in [-0.39, 0.29) is 0 Å². The van der Waals surface area contributed by atoms with Crippen LogP contribution >= 0.6 is 22.9 Å². The van der Waals surface area contributed by atoms with Crippen LogP contribution in [0.4, 0.5) is 0 Å². The predicted molar refractivity (Wildman–Crippen MR) is 69.3 cm³/mol. The van der Waals surface area contributed by atoms with Gasteiger partial charge < -0.3 is 5.11 Å². The molecule has 1 nitrogen and oxygen atoms in total. The third kappa shape index (κ3) is 2.14. The van der Waals surface area contributed by atoms with Gasteiger partial charge >= 0.3 is 0 Å². The summed E-state index contributed by atoms with van der Waals surface area (Å²) in [4.78, 5) is 2.35. The van der Waals surface area contributed by atoms with E-state index in [2.05, 4.69) is 0 Å². The number of thiophene rings is 1. The molecule has 0 amide bonds. The third-order valence-electron chi connectivity index (χ3n) is 2.57. The Morgan fingerprint density at radius 2 is 1.88 bits per heavy atom. The summed E-state index contributed by atoms with van der Waals surface area (Å²) < 4.78 is 0. The first-order chi connectivity index (χ1) is 7.59. The number of aliphatic hydroxyl groups is 1. The van der Waals surface area contributed by atoms with Crippen LogP contribution in [0.15, 0.2) is 30.3 Å². The largest absolute Gasteiger partial charge is 0.384 e. The molecule has 2 aromatic rings. The number of rotatable bonds is 2. The molecule has 0 saturated heterocycles. The van der Waals surface area contributed by atoms with Gasteiger partial charge in [-0.05, 0) is 31.5 Å². The van der Waals surface area contributed by atoms with Gasteiger partial charge in [-0.25, -0.2) is 0 Å². The van der Waals surface area contributed by atoms with Crippen molar-refractivity contribution in [2.45, 2.75) is 20.0 Å². The first-order valence-corrected chi connectivity index (χ1v) is 6.28. The Labute approximate surface area is 104 Å². The number of benzene rings is 1. The number of hydrogen-bond acceptors (Lipinski definition) is 2. The Morgan fingerprint density at radius 3 is 2.44 bits per heavy atom. The van der Waals surface area contributed by atoms with Crippen LogP contribution in [0.2, 0.25) is 5.02 Å². The molecule has 1 heterocycles. The average Bonchev–Trinajstić information content (AvgIpc) is 2.58. The van der Waals surface area contributed by atoms with Crippen molar-refractivity contribution in [3.8, 4) is 0 Å². The maximum absolute atomic E-state index is 10.3. The fourth-order valence-corrected chi connectivity index (χ4v) is 2.98. The molecule has 0 radical (unpaired) electrons. The van der Waals surface area contributed by atoms with Crippen molar-refractivity contribution in [3.63, 3.8) is 0 Å². The molecule has 0 fully saturated rings. The summed E-state index contributed by atoms with van der Waals surface area (Å²) >= 11 is 7.77. The van der Waals surface area contributed by atoms with E-state index in [0.29, 0.717) is 5.02 Å². The van der Waals surface area contributed by atoms with Crippen LogP contribution in [0.1, 0.15) is 27.0 Å². The highest BCUT2D eigenvalue weighted by Gasteiger charge is 2.17. The topological polar surface area (TPSA) is 20.2 Å². The van der Waals surface area contributed by atoms with E-state index in [1.54, 1.807) is 17.4 Å². The monoisotopic (exact) mass is 252 g/mol. The zero-order valence-corrected chi connectivity index (χ0v) is 10.8. The highest BCUT2D eigenvalue weighted by atomic mass is 35.5. The summed E-state index contributed by atoms with van der Waals surface area (Å²) in [5.41, 5.74) is 1.72. The van der Waals surface area contributed by atoms with E-state index < -0.39 is 6.10 Å². The Bertz CT molecular complexity index is 504.